The lowest BCUT2D eigenvalue weighted by Gasteiger charge is -2.13. The molecule has 1 aromatic heterocycles. The van der Waals surface area contributed by atoms with Crippen LogP contribution in [0.15, 0.2) is 82.2 Å². The lowest BCUT2D eigenvalue weighted by molar-refractivity contribution is -0.137. The van der Waals surface area contributed by atoms with E-state index in [4.69, 9.17) is 0 Å². The maximum absolute atomic E-state index is 13.6. The van der Waals surface area contributed by atoms with Gasteiger partial charge in [-0.15, -0.1) is 0 Å². The number of benzene rings is 3. The molecular formula is C24H17BrF3NO4S. The number of aromatic nitrogens is 1. The normalized spacial score (nSPS) is 12.1. The highest BCUT2D eigenvalue weighted by Crippen LogP contribution is 2.34. The molecule has 0 fully saturated rings. The Hall–Kier alpha value is -3.11. The molecule has 0 bridgehead atoms. The standard InChI is InChI=1S/C24H17BrF3NO4S/c1-33-23(30)16-7-5-15(6-8-16)11-20-13-17-12-18(24(26,27)28)9-10-22(17)29(20)34(31,32)21-4-2-3-19(25)14-21/h2-10,12-14H,11H2,1H3. The van der Waals surface area contributed by atoms with Crippen LogP contribution in [-0.4, -0.2) is 25.5 Å². The van der Waals surface area contributed by atoms with E-state index in [1.807, 2.05) is 0 Å². The number of hydrogen-bond donors (Lipinski definition) is 0. The van der Waals surface area contributed by atoms with Gasteiger partial charge in [0.05, 0.1) is 28.6 Å². The summed E-state index contributed by atoms with van der Waals surface area (Å²) in [5, 5.41) is 0.148. The first-order valence-corrected chi connectivity index (χ1v) is 12.1. The second-order valence-corrected chi connectivity index (χ2v) is 10.2. The zero-order chi connectivity index (χ0) is 24.7. The second-order valence-electron chi connectivity index (χ2n) is 7.50. The maximum atomic E-state index is 13.6. The third kappa shape index (κ3) is 4.60. The first-order valence-electron chi connectivity index (χ1n) is 9.90. The molecule has 0 aliphatic rings. The number of carbonyl (C=O) groups excluding carboxylic acids is 1. The highest BCUT2D eigenvalue weighted by Gasteiger charge is 2.32. The van der Waals surface area contributed by atoms with Gasteiger partial charge in [0, 0.05) is 22.0 Å². The van der Waals surface area contributed by atoms with Crippen molar-refractivity contribution in [2.45, 2.75) is 17.5 Å². The molecule has 4 rings (SSSR count). The van der Waals surface area contributed by atoms with Crippen molar-refractivity contribution in [1.29, 1.82) is 0 Å². The monoisotopic (exact) mass is 551 g/mol. The minimum atomic E-state index is -4.57. The molecule has 0 saturated heterocycles. The minimum absolute atomic E-state index is 0.0124. The highest BCUT2D eigenvalue weighted by molar-refractivity contribution is 9.10. The molecule has 0 aliphatic carbocycles. The van der Waals surface area contributed by atoms with E-state index in [0.717, 1.165) is 22.2 Å². The van der Waals surface area contributed by atoms with Crippen molar-refractivity contribution in [3.63, 3.8) is 0 Å². The van der Waals surface area contributed by atoms with Crippen molar-refractivity contribution in [2.75, 3.05) is 7.11 Å². The van der Waals surface area contributed by atoms with Crippen molar-refractivity contribution in [3.8, 4) is 0 Å². The zero-order valence-electron chi connectivity index (χ0n) is 17.6. The van der Waals surface area contributed by atoms with Crippen molar-refractivity contribution in [3.05, 3.63) is 99.7 Å². The van der Waals surface area contributed by atoms with Crippen LogP contribution in [0.2, 0.25) is 0 Å². The molecule has 0 saturated carbocycles. The first kappa shape index (κ1) is 24.0. The predicted molar refractivity (Wildman–Crippen MR) is 124 cm³/mol. The molecule has 0 unspecified atom stereocenters. The second kappa shape index (κ2) is 8.92. The molecule has 0 N–H and O–H groups in total. The molecule has 1 heterocycles. The van der Waals surface area contributed by atoms with E-state index in [1.165, 1.54) is 25.3 Å². The van der Waals surface area contributed by atoms with Crippen LogP contribution >= 0.6 is 15.9 Å². The van der Waals surface area contributed by atoms with Crippen molar-refractivity contribution < 1.29 is 31.1 Å². The molecule has 5 nitrogen and oxygen atoms in total. The molecule has 0 radical (unpaired) electrons. The number of methoxy groups -OCH3 is 1. The van der Waals surface area contributed by atoms with Gasteiger partial charge >= 0.3 is 12.1 Å². The number of esters is 1. The summed E-state index contributed by atoms with van der Waals surface area (Å²) in [7, 11) is -2.88. The Morgan fingerprint density at radius 3 is 2.32 bits per heavy atom. The first-order chi connectivity index (χ1) is 16.0. The van der Waals surface area contributed by atoms with Gasteiger partial charge in [0.2, 0.25) is 0 Å². The number of alkyl halides is 3. The van der Waals surface area contributed by atoms with E-state index in [2.05, 4.69) is 20.7 Å². The Kier molecular flexibility index (Phi) is 6.30. The van der Waals surface area contributed by atoms with Gasteiger partial charge in [0.1, 0.15) is 0 Å². The quantitative estimate of drug-likeness (QED) is 0.284. The molecule has 4 aromatic rings. The van der Waals surface area contributed by atoms with E-state index in [0.29, 0.717) is 15.6 Å². The molecule has 0 aliphatic heterocycles. The van der Waals surface area contributed by atoms with E-state index in [1.54, 1.807) is 36.4 Å². The fourth-order valence-electron chi connectivity index (χ4n) is 3.65. The maximum Gasteiger partial charge on any atom is 0.416 e. The van der Waals surface area contributed by atoms with E-state index < -0.39 is 27.7 Å². The van der Waals surface area contributed by atoms with Crippen LogP contribution in [0.4, 0.5) is 13.2 Å². The van der Waals surface area contributed by atoms with Crippen LogP contribution in [-0.2, 0) is 27.4 Å². The fraction of sp³-hybridized carbons (Fsp3) is 0.125. The average molecular weight is 552 g/mol. The topological polar surface area (TPSA) is 65.4 Å². The van der Waals surface area contributed by atoms with Gasteiger partial charge in [-0.05, 0) is 60.2 Å². The van der Waals surface area contributed by atoms with Gasteiger partial charge < -0.3 is 4.74 Å². The van der Waals surface area contributed by atoms with Crippen molar-refractivity contribution >= 4 is 42.8 Å². The molecule has 0 atom stereocenters. The van der Waals surface area contributed by atoms with Crippen LogP contribution in [0.1, 0.15) is 27.2 Å². The van der Waals surface area contributed by atoms with Crippen LogP contribution in [0.5, 0.6) is 0 Å². The van der Waals surface area contributed by atoms with E-state index >= 15 is 0 Å². The summed E-state index contributed by atoms with van der Waals surface area (Å²) in [6.45, 7) is 0. The summed E-state index contributed by atoms with van der Waals surface area (Å²) in [6, 6.07) is 16.9. The summed E-state index contributed by atoms with van der Waals surface area (Å²) in [6.07, 6.45) is -4.46. The number of ether oxygens (including phenoxy) is 1. The molecular weight excluding hydrogens is 535 g/mol. The van der Waals surface area contributed by atoms with Gasteiger partial charge in [-0.1, -0.05) is 34.1 Å². The lowest BCUT2D eigenvalue weighted by Crippen LogP contribution is -2.16. The molecule has 0 amide bonds. The molecule has 34 heavy (non-hydrogen) atoms. The fourth-order valence-corrected chi connectivity index (χ4v) is 5.79. The Morgan fingerprint density at radius 1 is 1.00 bits per heavy atom. The summed E-state index contributed by atoms with van der Waals surface area (Å²) in [4.78, 5) is 11.7. The largest absolute Gasteiger partial charge is 0.465 e. The Morgan fingerprint density at radius 2 is 1.71 bits per heavy atom. The van der Waals surface area contributed by atoms with Crippen LogP contribution in [0, 0.1) is 0 Å². The number of carbonyl (C=O) groups is 1. The summed E-state index contributed by atoms with van der Waals surface area (Å²) in [5.74, 6) is -0.516. The summed E-state index contributed by atoms with van der Waals surface area (Å²) in [5.41, 5.74) is 0.529. The molecule has 0 spiro atoms. The zero-order valence-corrected chi connectivity index (χ0v) is 20.0. The number of halogens is 4. The molecule has 10 heteroatoms. The van der Waals surface area contributed by atoms with Gasteiger partial charge in [0.15, 0.2) is 0 Å². The minimum Gasteiger partial charge on any atom is -0.465 e. The van der Waals surface area contributed by atoms with E-state index in [9.17, 15) is 26.4 Å². The average Bonchev–Trinajstić information content (AvgIpc) is 3.16. The predicted octanol–water partition coefficient (Wildman–Crippen LogP) is 6.04. The number of rotatable bonds is 5. The molecule has 176 valence electrons. The number of fused-ring (bicyclic) bond motifs is 1. The third-order valence-corrected chi connectivity index (χ3v) is 7.51. The number of nitrogens with zero attached hydrogens (tertiary/aromatic N) is 1. The van der Waals surface area contributed by atoms with Gasteiger partial charge in [0.25, 0.3) is 10.0 Å². The van der Waals surface area contributed by atoms with Crippen LogP contribution in [0.3, 0.4) is 0 Å². The SMILES string of the molecule is COC(=O)c1ccc(Cc2cc3cc(C(F)(F)F)ccc3n2S(=O)(=O)c2cccc(Br)c2)cc1. The summed E-state index contributed by atoms with van der Waals surface area (Å²) >= 11 is 3.26. The van der Waals surface area contributed by atoms with Crippen LogP contribution < -0.4 is 0 Å². The van der Waals surface area contributed by atoms with Gasteiger partial charge in [-0.25, -0.2) is 17.2 Å². The molecule has 3 aromatic carbocycles. The van der Waals surface area contributed by atoms with Crippen LogP contribution in [0.25, 0.3) is 10.9 Å². The lowest BCUT2D eigenvalue weighted by atomic mass is 10.1. The Labute approximate surface area is 202 Å². The van der Waals surface area contributed by atoms with Gasteiger partial charge in [-0.3, -0.25) is 0 Å². The van der Waals surface area contributed by atoms with Crippen molar-refractivity contribution in [1.82, 2.24) is 3.97 Å². The smallest absolute Gasteiger partial charge is 0.416 e. The van der Waals surface area contributed by atoms with E-state index in [-0.39, 0.29) is 27.9 Å². The Bertz CT molecular complexity index is 1490. The Balaban J connectivity index is 1.88. The number of hydrogen-bond acceptors (Lipinski definition) is 4. The highest BCUT2D eigenvalue weighted by atomic mass is 79.9. The van der Waals surface area contributed by atoms with Crippen molar-refractivity contribution in [2.24, 2.45) is 0 Å². The van der Waals surface area contributed by atoms with Gasteiger partial charge in [-0.2, -0.15) is 13.2 Å². The summed E-state index contributed by atoms with van der Waals surface area (Å²) < 4.78 is 73.3. The third-order valence-electron chi connectivity index (χ3n) is 5.25.